The molecule has 0 unspecified atom stereocenters. The van der Waals surface area contributed by atoms with Gasteiger partial charge in [-0.15, -0.1) is 0 Å². The summed E-state index contributed by atoms with van der Waals surface area (Å²) in [6.07, 6.45) is 2.77. The number of hydrogen-bond acceptors (Lipinski definition) is 6. The van der Waals surface area contributed by atoms with Crippen LogP contribution in [-0.4, -0.2) is 32.0 Å². The fourth-order valence-electron chi connectivity index (χ4n) is 1.89. The molecule has 0 N–H and O–H groups in total. The van der Waals surface area contributed by atoms with Gasteiger partial charge in [-0.2, -0.15) is 0 Å². The van der Waals surface area contributed by atoms with E-state index in [0.29, 0.717) is 17.1 Å². The molecule has 0 spiro atoms. The maximum atomic E-state index is 11.9. The maximum Gasteiger partial charge on any atom is 0.342 e. The Labute approximate surface area is 120 Å². The molecule has 0 fully saturated rings. The van der Waals surface area contributed by atoms with E-state index in [0.717, 1.165) is 0 Å². The molecule has 2 rings (SSSR count). The highest BCUT2D eigenvalue weighted by molar-refractivity contribution is 5.90. The van der Waals surface area contributed by atoms with Crippen LogP contribution in [0.5, 0.6) is 0 Å². The molecule has 110 valence electrons. The van der Waals surface area contributed by atoms with E-state index in [1.807, 2.05) is 0 Å². The van der Waals surface area contributed by atoms with Gasteiger partial charge in [-0.1, -0.05) is 0 Å². The second-order valence-corrected chi connectivity index (χ2v) is 4.34. The van der Waals surface area contributed by atoms with Crippen molar-refractivity contribution in [3.05, 3.63) is 51.7 Å². The molecule has 0 atom stereocenters. The number of nitro groups is 1. The molecule has 0 amide bonds. The first kappa shape index (κ1) is 14.6. The van der Waals surface area contributed by atoms with E-state index in [4.69, 9.17) is 4.74 Å². The lowest BCUT2D eigenvalue weighted by atomic mass is 10.2. The first-order chi connectivity index (χ1) is 10.0. The van der Waals surface area contributed by atoms with Crippen molar-refractivity contribution in [2.24, 2.45) is 0 Å². The lowest BCUT2D eigenvalue weighted by Gasteiger charge is -2.06. The minimum Gasteiger partial charge on any atom is -0.458 e. The van der Waals surface area contributed by atoms with E-state index in [1.54, 1.807) is 32.2 Å². The summed E-state index contributed by atoms with van der Waals surface area (Å²) in [5, 5.41) is 10.8. The Morgan fingerprint density at radius 1 is 1.43 bits per heavy atom. The first-order valence-electron chi connectivity index (χ1n) is 6.26. The molecule has 8 nitrogen and oxygen atoms in total. The highest BCUT2D eigenvalue weighted by atomic mass is 16.6. The second kappa shape index (κ2) is 6.12. The molecule has 0 saturated heterocycles. The van der Waals surface area contributed by atoms with Crippen LogP contribution in [0, 0.1) is 24.0 Å². The summed E-state index contributed by atoms with van der Waals surface area (Å²) in [6, 6.07) is 3.27. The smallest absolute Gasteiger partial charge is 0.342 e. The number of nitrogens with zero attached hydrogens (tertiary/aromatic N) is 4. The van der Waals surface area contributed by atoms with Crippen molar-refractivity contribution in [3.8, 4) is 0 Å². The Kier molecular flexibility index (Phi) is 4.27. The average molecular weight is 290 g/mol. The zero-order valence-corrected chi connectivity index (χ0v) is 11.6. The number of hydrogen-bond donors (Lipinski definition) is 0. The van der Waals surface area contributed by atoms with Crippen LogP contribution in [0.2, 0.25) is 0 Å². The van der Waals surface area contributed by atoms with Gasteiger partial charge in [0.15, 0.2) is 5.82 Å². The van der Waals surface area contributed by atoms with Gasteiger partial charge in [-0.25, -0.2) is 14.3 Å². The molecular formula is C13H14N4O4. The molecule has 8 heteroatoms. The molecule has 2 aromatic heterocycles. The molecule has 0 bridgehead atoms. The third kappa shape index (κ3) is 3.22. The van der Waals surface area contributed by atoms with Gasteiger partial charge in [0.05, 0.1) is 11.3 Å². The van der Waals surface area contributed by atoms with Crippen molar-refractivity contribution in [3.63, 3.8) is 0 Å². The SMILES string of the molecule is Cc1ncccc1C(=O)OCCn1c([N+](=O)[O-])cnc1C. The number of carbonyl (C=O) groups is 1. The number of aryl methyl sites for hydroxylation is 2. The van der Waals surface area contributed by atoms with Crippen molar-refractivity contribution in [1.29, 1.82) is 0 Å². The van der Waals surface area contributed by atoms with E-state index < -0.39 is 10.9 Å². The van der Waals surface area contributed by atoms with Gasteiger partial charge >= 0.3 is 11.8 Å². The van der Waals surface area contributed by atoms with Gasteiger partial charge in [0.25, 0.3) is 0 Å². The van der Waals surface area contributed by atoms with Crippen molar-refractivity contribution >= 4 is 11.8 Å². The summed E-state index contributed by atoms with van der Waals surface area (Å²) in [7, 11) is 0. The minimum atomic E-state index is -0.521. The third-order valence-corrected chi connectivity index (χ3v) is 3.00. The highest BCUT2D eigenvalue weighted by Gasteiger charge is 2.18. The van der Waals surface area contributed by atoms with Crippen molar-refractivity contribution in [2.75, 3.05) is 6.61 Å². The molecule has 21 heavy (non-hydrogen) atoms. The molecule has 0 aliphatic heterocycles. The van der Waals surface area contributed by atoms with Crippen molar-refractivity contribution in [2.45, 2.75) is 20.4 Å². The van der Waals surface area contributed by atoms with Crippen molar-refractivity contribution < 1.29 is 14.5 Å². The van der Waals surface area contributed by atoms with Gasteiger partial charge in [-0.3, -0.25) is 4.98 Å². The normalized spacial score (nSPS) is 10.4. The molecule has 2 heterocycles. The predicted octanol–water partition coefficient (Wildman–Crippen LogP) is 1.66. The van der Waals surface area contributed by atoms with Gasteiger partial charge in [0, 0.05) is 13.1 Å². The van der Waals surface area contributed by atoms with E-state index >= 15 is 0 Å². The maximum absolute atomic E-state index is 11.9. The standard InChI is InChI=1S/C13H14N4O4/c1-9-11(4-3-5-14-9)13(18)21-7-6-16-10(2)15-8-12(16)17(19)20/h3-5,8H,6-7H2,1-2H3. The van der Waals surface area contributed by atoms with Gasteiger partial charge < -0.3 is 14.9 Å². The molecule has 0 saturated carbocycles. The Morgan fingerprint density at radius 2 is 2.19 bits per heavy atom. The summed E-state index contributed by atoms with van der Waals surface area (Å²) in [6.45, 7) is 3.56. The quantitative estimate of drug-likeness (QED) is 0.471. The Morgan fingerprint density at radius 3 is 2.86 bits per heavy atom. The van der Waals surface area contributed by atoms with Crippen LogP contribution in [0.3, 0.4) is 0 Å². The van der Waals surface area contributed by atoms with Crippen LogP contribution in [0.4, 0.5) is 5.82 Å². The third-order valence-electron chi connectivity index (χ3n) is 3.00. The van der Waals surface area contributed by atoms with E-state index in [2.05, 4.69) is 9.97 Å². The number of imidazole rings is 1. The summed E-state index contributed by atoms with van der Waals surface area (Å²) < 4.78 is 6.51. The number of aromatic nitrogens is 3. The second-order valence-electron chi connectivity index (χ2n) is 4.34. The summed E-state index contributed by atoms with van der Waals surface area (Å²) in [4.78, 5) is 30.1. The molecule has 2 aromatic rings. The van der Waals surface area contributed by atoms with Crippen LogP contribution >= 0.6 is 0 Å². The monoisotopic (exact) mass is 290 g/mol. The number of esters is 1. The zero-order valence-electron chi connectivity index (χ0n) is 11.6. The summed E-state index contributed by atoms with van der Waals surface area (Å²) in [5.74, 6) is -0.127. The van der Waals surface area contributed by atoms with Gasteiger partial charge in [0.2, 0.25) is 0 Å². The number of carbonyl (C=O) groups excluding carboxylic acids is 1. The Bertz CT molecular complexity index is 681. The lowest BCUT2D eigenvalue weighted by Crippen LogP contribution is -2.14. The van der Waals surface area contributed by atoms with Crippen LogP contribution in [0.1, 0.15) is 21.9 Å². The molecule has 0 aromatic carbocycles. The largest absolute Gasteiger partial charge is 0.458 e. The summed E-state index contributed by atoms with van der Waals surface area (Å²) in [5.41, 5.74) is 0.960. The summed E-state index contributed by atoms with van der Waals surface area (Å²) >= 11 is 0. The number of pyridine rings is 1. The first-order valence-corrected chi connectivity index (χ1v) is 6.26. The fraction of sp³-hybridized carbons (Fsp3) is 0.308. The van der Waals surface area contributed by atoms with Crippen LogP contribution in [0.25, 0.3) is 0 Å². The van der Waals surface area contributed by atoms with Crippen LogP contribution in [0.15, 0.2) is 24.5 Å². The Hall–Kier alpha value is -2.77. The molecular weight excluding hydrogens is 276 g/mol. The average Bonchev–Trinajstić information content (AvgIpc) is 2.81. The molecule has 0 aliphatic rings. The van der Waals surface area contributed by atoms with Crippen LogP contribution < -0.4 is 0 Å². The van der Waals surface area contributed by atoms with E-state index in [9.17, 15) is 14.9 Å². The van der Waals surface area contributed by atoms with Gasteiger partial charge in [0.1, 0.15) is 19.3 Å². The number of ether oxygens (including phenoxy) is 1. The van der Waals surface area contributed by atoms with E-state index in [-0.39, 0.29) is 19.0 Å². The predicted molar refractivity (Wildman–Crippen MR) is 72.9 cm³/mol. The van der Waals surface area contributed by atoms with Crippen LogP contribution in [-0.2, 0) is 11.3 Å². The van der Waals surface area contributed by atoms with Gasteiger partial charge in [-0.05, 0) is 24.0 Å². The van der Waals surface area contributed by atoms with Crippen molar-refractivity contribution in [1.82, 2.24) is 14.5 Å². The Balaban J connectivity index is 1.99. The lowest BCUT2D eigenvalue weighted by molar-refractivity contribution is -0.392. The minimum absolute atomic E-state index is 0.0191. The molecule has 0 aliphatic carbocycles. The molecule has 0 radical (unpaired) electrons. The zero-order chi connectivity index (χ0) is 15.4. The number of rotatable bonds is 5. The fourth-order valence-corrected chi connectivity index (χ4v) is 1.89. The highest BCUT2D eigenvalue weighted by Crippen LogP contribution is 2.13. The van der Waals surface area contributed by atoms with E-state index in [1.165, 1.54) is 10.8 Å². The topological polar surface area (TPSA) is 100 Å².